The van der Waals surface area contributed by atoms with Crippen molar-refractivity contribution in [3.8, 4) is 5.75 Å². The minimum absolute atomic E-state index is 0.00894. The summed E-state index contributed by atoms with van der Waals surface area (Å²) in [7, 11) is -1.59. The lowest BCUT2D eigenvalue weighted by atomic mass is 10.1. The molecule has 0 radical (unpaired) electrons. The van der Waals surface area contributed by atoms with Crippen molar-refractivity contribution < 1.29 is 14.1 Å². The molecule has 0 aliphatic heterocycles. The summed E-state index contributed by atoms with van der Waals surface area (Å²) < 4.78 is 11.6. The van der Waals surface area contributed by atoms with Gasteiger partial charge in [0.05, 0.1) is 0 Å². The number of hydrogen-bond acceptors (Lipinski definition) is 4. The van der Waals surface area contributed by atoms with E-state index >= 15 is 0 Å². The largest absolute Gasteiger partial charge is 0.457 e. The molecular formula is C23H25ClNO3P. The topological polar surface area (TPSA) is 47.6 Å². The summed E-state index contributed by atoms with van der Waals surface area (Å²) in [5.41, 5.74) is 0.948. The first-order valence-corrected chi connectivity index (χ1v) is 11.8. The van der Waals surface area contributed by atoms with Crippen LogP contribution >= 0.6 is 18.9 Å². The lowest BCUT2D eigenvalue weighted by Gasteiger charge is -2.25. The fraction of sp³-hybridized carbons (Fsp3) is 0.261. The van der Waals surface area contributed by atoms with E-state index in [-0.39, 0.29) is 18.0 Å². The predicted molar refractivity (Wildman–Crippen MR) is 120 cm³/mol. The molecule has 3 atom stereocenters. The molecule has 1 N–H and O–H groups in total. The number of carbonyl (C=O) groups is 1. The van der Waals surface area contributed by atoms with Crippen LogP contribution in [0.15, 0.2) is 72.8 Å². The van der Waals surface area contributed by atoms with Crippen LogP contribution in [0.2, 0.25) is 0 Å². The Kier molecular flexibility index (Phi) is 7.49. The number of hydrogen-bond donors (Lipinski definition) is 1. The maximum absolute atomic E-state index is 12.8. The number of esters is 1. The Morgan fingerprint density at radius 2 is 1.59 bits per heavy atom. The van der Waals surface area contributed by atoms with Gasteiger partial charge >= 0.3 is 5.97 Å². The third-order valence-electron chi connectivity index (χ3n) is 4.65. The minimum atomic E-state index is -1.59. The van der Waals surface area contributed by atoms with E-state index in [2.05, 4.69) is 5.09 Å². The number of ether oxygens (including phenoxy) is 1. The molecule has 3 aromatic carbocycles. The summed E-state index contributed by atoms with van der Waals surface area (Å²) in [4.78, 5) is 12.8. The van der Waals surface area contributed by atoms with Gasteiger partial charge in [0.25, 0.3) is 7.65 Å². The maximum Gasteiger partial charge on any atom is 0.324 e. The number of fused-ring (bicyclic) bond motifs is 1. The SMILES string of the molecule is CC(OC(=O)C(NP(Cl)Oc1cccc2ccccc12)C(C)C)c1ccccc1. The van der Waals surface area contributed by atoms with Gasteiger partial charge in [-0.2, -0.15) is 0 Å². The van der Waals surface area contributed by atoms with Crippen LogP contribution in [-0.2, 0) is 9.53 Å². The van der Waals surface area contributed by atoms with Crippen molar-refractivity contribution in [1.29, 1.82) is 0 Å². The fourth-order valence-electron chi connectivity index (χ4n) is 3.01. The van der Waals surface area contributed by atoms with E-state index in [1.54, 1.807) is 0 Å². The lowest BCUT2D eigenvalue weighted by molar-refractivity contribution is -0.151. The number of carbonyl (C=O) groups excluding carboxylic acids is 1. The average Bonchev–Trinajstić information content (AvgIpc) is 2.72. The number of nitrogens with one attached hydrogen (secondary N) is 1. The van der Waals surface area contributed by atoms with Crippen LogP contribution in [0.3, 0.4) is 0 Å². The van der Waals surface area contributed by atoms with E-state index in [4.69, 9.17) is 20.5 Å². The van der Waals surface area contributed by atoms with Crippen molar-refractivity contribution in [2.45, 2.75) is 32.9 Å². The van der Waals surface area contributed by atoms with Gasteiger partial charge in [0, 0.05) is 5.39 Å². The van der Waals surface area contributed by atoms with Crippen molar-refractivity contribution in [3.63, 3.8) is 0 Å². The molecule has 152 valence electrons. The summed E-state index contributed by atoms with van der Waals surface area (Å²) in [5, 5.41) is 5.17. The summed E-state index contributed by atoms with van der Waals surface area (Å²) in [6, 6.07) is 22.8. The molecule has 0 saturated heterocycles. The van der Waals surface area contributed by atoms with Gasteiger partial charge in [-0.05, 0) is 41.1 Å². The number of halogens is 1. The third-order valence-corrected chi connectivity index (χ3v) is 5.99. The molecule has 0 aliphatic rings. The van der Waals surface area contributed by atoms with Crippen molar-refractivity contribution in [2.24, 2.45) is 5.92 Å². The molecule has 0 spiro atoms. The second kappa shape index (κ2) is 10.1. The molecule has 0 aromatic heterocycles. The van der Waals surface area contributed by atoms with Crippen LogP contribution in [0.5, 0.6) is 5.75 Å². The molecule has 3 unspecified atom stereocenters. The lowest BCUT2D eigenvalue weighted by Crippen LogP contribution is -2.39. The fourth-order valence-corrected chi connectivity index (χ4v) is 4.56. The molecule has 0 saturated carbocycles. The molecule has 6 heteroatoms. The molecular weight excluding hydrogens is 405 g/mol. The first-order valence-electron chi connectivity index (χ1n) is 9.59. The zero-order valence-corrected chi connectivity index (χ0v) is 18.4. The summed E-state index contributed by atoms with van der Waals surface area (Å²) in [5.74, 6) is 0.335. The zero-order valence-electron chi connectivity index (χ0n) is 16.7. The normalized spacial score (nSPS) is 14.4. The van der Waals surface area contributed by atoms with Gasteiger partial charge in [-0.15, -0.1) is 0 Å². The van der Waals surface area contributed by atoms with Gasteiger partial charge in [-0.3, -0.25) is 4.79 Å². The van der Waals surface area contributed by atoms with Crippen LogP contribution < -0.4 is 9.61 Å². The van der Waals surface area contributed by atoms with Crippen LogP contribution in [0.25, 0.3) is 10.8 Å². The summed E-state index contributed by atoms with van der Waals surface area (Å²) in [6.07, 6.45) is -0.340. The van der Waals surface area contributed by atoms with E-state index < -0.39 is 13.7 Å². The Bertz CT molecular complexity index is 946. The van der Waals surface area contributed by atoms with Gasteiger partial charge < -0.3 is 9.26 Å². The average molecular weight is 430 g/mol. The van der Waals surface area contributed by atoms with Crippen LogP contribution in [0.4, 0.5) is 0 Å². The number of benzene rings is 3. The van der Waals surface area contributed by atoms with Gasteiger partial charge in [0.1, 0.15) is 17.9 Å². The zero-order chi connectivity index (χ0) is 20.8. The van der Waals surface area contributed by atoms with E-state index in [9.17, 15) is 4.79 Å². The molecule has 0 heterocycles. The van der Waals surface area contributed by atoms with E-state index in [0.717, 1.165) is 16.3 Å². The summed E-state index contributed by atoms with van der Waals surface area (Å²) >= 11 is 6.48. The first kappa shape index (κ1) is 21.6. The molecule has 0 aliphatic carbocycles. The molecule has 4 nitrogen and oxygen atoms in total. The maximum atomic E-state index is 12.8. The Labute approximate surface area is 177 Å². The van der Waals surface area contributed by atoms with Crippen LogP contribution in [0.1, 0.15) is 32.4 Å². The third kappa shape index (κ3) is 5.70. The van der Waals surface area contributed by atoms with Gasteiger partial charge in [-0.25, -0.2) is 5.09 Å². The Morgan fingerprint density at radius 3 is 2.31 bits per heavy atom. The van der Waals surface area contributed by atoms with E-state index in [0.29, 0.717) is 5.75 Å². The van der Waals surface area contributed by atoms with E-state index in [1.165, 1.54) is 0 Å². The molecule has 29 heavy (non-hydrogen) atoms. The highest BCUT2D eigenvalue weighted by Crippen LogP contribution is 2.42. The van der Waals surface area contributed by atoms with Crippen LogP contribution in [0, 0.1) is 5.92 Å². The smallest absolute Gasteiger partial charge is 0.324 e. The van der Waals surface area contributed by atoms with E-state index in [1.807, 2.05) is 93.6 Å². The number of rotatable bonds is 8. The summed E-state index contributed by atoms with van der Waals surface area (Å²) in [6.45, 7) is 5.76. The highest BCUT2D eigenvalue weighted by atomic mass is 35.7. The minimum Gasteiger partial charge on any atom is -0.457 e. The predicted octanol–water partition coefficient (Wildman–Crippen LogP) is 6.60. The molecule has 0 fully saturated rings. The van der Waals surface area contributed by atoms with Gasteiger partial charge in [0.2, 0.25) is 0 Å². The Balaban J connectivity index is 1.67. The molecule has 3 rings (SSSR count). The van der Waals surface area contributed by atoms with Gasteiger partial charge in [-0.1, -0.05) is 80.6 Å². The molecule has 0 amide bonds. The Morgan fingerprint density at radius 1 is 0.931 bits per heavy atom. The molecule has 0 bridgehead atoms. The molecule has 3 aromatic rings. The standard InChI is InChI=1S/C23H25ClNO3P/c1-16(2)22(23(26)27-17(3)18-10-5-4-6-11-18)25-29(24)28-21-15-9-13-19-12-7-8-14-20(19)21/h4-17,22,25H,1-3H3. The first-order chi connectivity index (χ1) is 14.0. The second-order valence-corrected chi connectivity index (χ2v) is 9.01. The van der Waals surface area contributed by atoms with Crippen molar-refractivity contribution >= 4 is 35.6 Å². The van der Waals surface area contributed by atoms with Crippen LogP contribution in [-0.4, -0.2) is 12.0 Å². The van der Waals surface area contributed by atoms with Gasteiger partial charge in [0.15, 0.2) is 0 Å². The highest BCUT2D eigenvalue weighted by molar-refractivity contribution is 7.78. The highest BCUT2D eigenvalue weighted by Gasteiger charge is 2.29. The second-order valence-electron chi connectivity index (χ2n) is 7.15. The quantitative estimate of drug-likeness (QED) is 0.323. The van der Waals surface area contributed by atoms with Crippen molar-refractivity contribution in [3.05, 3.63) is 78.4 Å². The Hall–Kier alpha value is -2.13. The van der Waals surface area contributed by atoms with Crippen molar-refractivity contribution in [1.82, 2.24) is 5.09 Å². The van der Waals surface area contributed by atoms with Crippen molar-refractivity contribution in [2.75, 3.05) is 0 Å². The monoisotopic (exact) mass is 429 g/mol.